The molecule has 0 fully saturated rings. The van der Waals surface area contributed by atoms with Gasteiger partial charge in [-0.3, -0.25) is 9.59 Å². The summed E-state index contributed by atoms with van der Waals surface area (Å²) in [6.07, 6.45) is 0.532. The van der Waals surface area contributed by atoms with Gasteiger partial charge < -0.3 is 15.0 Å². The number of hydrogen-bond donors (Lipinski definition) is 1. The van der Waals surface area contributed by atoms with Gasteiger partial charge in [-0.25, -0.2) is 0 Å². The van der Waals surface area contributed by atoms with Crippen molar-refractivity contribution in [3.63, 3.8) is 0 Å². The molecule has 1 N–H and O–H groups in total. The zero-order valence-corrected chi connectivity index (χ0v) is 20.4. The van der Waals surface area contributed by atoms with Crippen molar-refractivity contribution in [2.24, 2.45) is 5.92 Å². The van der Waals surface area contributed by atoms with Crippen molar-refractivity contribution >= 4 is 11.8 Å². The third-order valence-corrected chi connectivity index (χ3v) is 5.40. The largest absolute Gasteiger partial charge is 0.483 e. The minimum absolute atomic E-state index is 0.108. The second kappa shape index (κ2) is 12.3. The molecule has 2 aromatic rings. The molecule has 32 heavy (non-hydrogen) atoms. The Morgan fingerprint density at radius 1 is 1.03 bits per heavy atom. The Morgan fingerprint density at radius 3 is 2.38 bits per heavy atom. The van der Waals surface area contributed by atoms with Crippen LogP contribution in [0.2, 0.25) is 0 Å². The van der Waals surface area contributed by atoms with Crippen molar-refractivity contribution in [1.82, 2.24) is 10.2 Å². The van der Waals surface area contributed by atoms with Crippen LogP contribution >= 0.6 is 0 Å². The molecule has 0 bridgehead atoms. The number of para-hydroxylation sites is 1. The van der Waals surface area contributed by atoms with Gasteiger partial charge in [0.05, 0.1) is 0 Å². The van der Waals surface area contributed by atoms with E-state index in [9.17, 15) is 9.59 Å². The van der Waals surface area contributed by atoms with Crippen LogP contribution in [0.15, 0.2) is 48.5 Å². The SMILES string of the molecule is CC[C@H](C(=O)NCC(C)C)N(Cc1cccc(C)c1)C(=O)COc1ccccc1C(C)C. The van der Waals surface area contributed by atoms with Gasteiger partial charge in [-0.05, 0) is 42.4 Å². The molecule has 0 spiro atoms. The highest BCUT2D eigenvalue weighted by atomic mass is 16.5. The number of aryl methyl sites for hydroxylation is 1. The summed E-state index contributed by atoms with van der Waals surface area (Å²) in [4.78, 5) is 28.0. The average molecular weight is 439 g/mol. The zero-order valence-electron chi connectivity index (χ0n) is 20.4. The molecule has 0 aliphatic carbocycles. The van der Waals surface area contributed by atoms with Crippen LogP contribution in [0, 0.1) is 12.8 Å². The number of hydrogen-bond acceptors (Lipinski definition) is 3. The minimum atomic E-state index is -0.550. The van der Waals surface area contributed by atoms with Crippen LogP contribution in [0.1, 0.15) is 63.6 Å². The first-order valence-corrected chi connectivity index (χ1v) is 11.6. The van der Waals surface area contributed by atoms with Crippen LogP contribution in [0.4, 0.5) is 0 Å². The number of nitrogens with one attached hydrogen (secondary N) is 1. The predicted molar refractivity (Wildman–Crippen MR) is 130 cm³/mol. The van der Waals surface area contributed by atoms with Gasteiger partial charge in [-0.1, -0.05) is 82.6 Å². The Labute approximate surface area is 193 Å². The lowest BCUT2D eigenvalue weighted by molar-refractivity contribution is -0.143. The molecule has 0 aliphatic heterocycles. The van der Waals surface area contributed by atoms with E-state index in [-0.39, 0.29) is 24.3 Å². The summed E-state index contributed by atoms with van der Waals surface area (Å²) in [6, 6.07) is 15.3. The Morgan fingerprint density at radius 2 is 1.75 bits per heavy atom. The number of carbonyl (C=O) groups excluding carboxylic acids is 2. The molecule has 2 amide bonds. The first-order chi connectivity index (χ1) is 15.2. The fourth-order valence-corrected chi connectivity index (χ4v) is 3.66. The Hall–Kier alpha value is -2.82. The van der Waals surface area contributed by atoms with Crippen molar-refractivity contribution < 1.29 is 14.3 Å². The maximum Gasteiger partial charge on any atom is 0.261 e. The van der Waals surface area contributed by atoms with Crippen LogP contribution in [0.3, 0.4) is 0 Å². The summed E-state index contributed by atoms with van der Waals surface area (Å²) in [5.74, 6) is 1.02. The summed E-state index contributed by atoms with van der Waals surface area (Å²) in [7, 11) is 0. The number of benzene rings is 2. The summed E-state index contributed by atoms with van der Waals surface area (Å²) in [5.41, 5.74) is 3.18. The highest BCUT2D eigenvalue weighted by Crippen LogP contribution is 2.26. The fourth-order valence-electron chi connectivity index (χ4n) is 3.66. The molecule has 0 aromatic heterocycles. The van der Waals surface area contributed by atoms with E-state index in [1.54, 1.807) is 4.90 Å². The van der Waals surface area contributed by atoms with Gasteiger partial charge in [-0.15, -0.1) is 0 Å². The molecule has 174 valence electrons. The molecule has 0 unspecified atom stereocenters. The topological polar surface area (TPSA) is 58.6 Å². The van der Waals surface area contributed by atoms with E-state index < -0.39 is 6.04 Å². The van der Waals surface area contributed by atoms with Crippen molar-refractivity contribution in [2.45, 2.75) is 66.5 Å². The molecule has 0 aliphatic rings. The molecular formula is C27H38N2O3. The quantitative estimate of drug-likeness (QED) is 0.532. The average Bonchev–Trinajstić information content (AvgIpc) is 2.76. The van der Waals surface area contributed by atoms with E-state index in [2.05, 4.69) is 33.0 Å². The molecule has 5 nitrogen and oxygen atoms in total. The fraction of sp³-hybridized carbons (Fsp3) is 0.481. The Balaban J connectivity index is 2.24. The summed E-state index contributed by atoms with van der Waals surface area (Å²) < 4.78 is 5.95. The Bertz CT molecular complexity index is 892. The van der Waals surface area contributed by atoms with Gasteiger partial charge in [0, 0.05) is 13.1 Å². The van der Waals surface area contributed by atoms with Gasteiger partial charge in [0.2, 0.25) is 5.91 Å². The van der Waals surface area contributed by atoms with Gasteiger partial charge in [0.15, 0.2) is 6.61 Å². The molecule has 0 saturated heterocycles. The molecule has 1 atom stereocenters. The van der Waals surface area contributed by atoms with Crippen LogP contribution in [0.5, 0.6) is 5.75 Å². The number of nitrogens with zero attached hydrogens (tertiary/aromatic N) is 1. The van der Waals surface area contributed by atoms with Crippen molar-refractivity contribution in [1.29, 1.82) is 0 Å². The third kappa shape index (κ3) is 7.40. The normalized spacial score (nSPS) is 12.0. The number of carbonyl (C=O) groups is 2. The van der Waals surface area contributed by atoms with Crippen LogP contribution < -0.4 is 10.1 Å². The standard InChI is InChI=1S/C27H38N2O3/c1-7-24(27(31)28-16-19(2)3)29(17-22-12-10-11-21(6)15-22)26(30)18-32-25-14-9-8-13-23(25)20(4)5/h8-15,19-20,24H,7,16-18H2,1-6H3,(H,28,31)/t24-/m1/s1. The van der Waals surface area contributed by atoms with E-state index in [1.807, 2.05) is 62.4 Å². The van der Waals surface area contributed by atoms with E-state index >= 15 is 0 Å². The lowest BCUT2D eigenvalue weighted by atomic mass is 10.0. The smallest absolute Gasteiger partial charge is 0.261 e. The van der Waals surface area contributed by atoms with E-state index in [0.717, 1.165) is 16.7 Å². The maximum absolute atomic E-state index is 13.4. The second-order valence-corrected chi connectivity index (χ2v) is 9.05. The van der Waals surface area contributed by atoms with E-state index in [0.29, 0.717) is 31.2 Å². The maximum atomic E-state index is 13.4. The first kappa shape index (κ1) is 25.4. The highest BCUT2D eigenvalue weighted by molar-refractivity contribution is 5.88. The first-order valence-electron chi connectivity index (χ1n) is 11.6. The van der Waals surface area contributed by atoms with Crippen molar-refractivity contribution in [3.05, 3.63) is 65.2 Å². The number of ether oxygens (including phenoxy) is 1. The number of rotatable bonds is 11. The molecule has 0 saturated carbocycles. The number of amides is 2. The monoisotopic (exact) mass is 438 g/mol. The highest BCUT2D eigenvalue weighted by Gasteiger charge is 2.29. The van der Waals surface area contributed by atoms with Crippen molar-refractivity contribution in [2.75, 3.05) is 13.2 Å². The lowest BCUT2D eigenvalue weighted by Gasteiger charge is -2.31. The van der Waals surface area contributed by atoms with E-state index in [1.165, 1.54) is 0 Å². The Kier molecular flexibility index (Phi) is 9.76. The summed E-state index contributed by atoms with van der Waals surface area (Å²) in [6.45, 7) is 13.1. The van der Waals surface area contributed by atoms with Gasteiger partial charge in [-0.2, -0.15) is 0 Å². The summed E-state index contributed by atoms with van der Waals surface area (Å²) >= 11 is 0. The third-order valence-electron chi connectivity index (χ3n) is 5.40. The molecule has 5 heteroatoms. The van der Waals surface area contributed by atoms with Crippen LogP contribution in [-0.4, -0.2) is 35.9 Å². The lowest BCUT2D eigenvalue weighted by Crippen LogP contribution is -2.50. The van der Waals surface area contributed by atoms with Gasteiger partial charge >= 0.3 is 0 Å². The van der Waals surface area contributed by atoms with E-state index in [4.69, 9.17) is 4.74 Å². The molecule has 2 aromatic carbocycles. The van der Waals surface area contributed by atoms with Crippen molar-refractivity contribution in [3.8, 4) is 5.75 Å². The molecule has 0 heterocycles. The van der Waals surface area contributed by atoms with Gasteiger partial charge in [0.1, 0.15) is 11.8 Å². The predicted octanol–water partition coefficient (Wildman–Crippen LogP) is 5.08. The minimum Gasteiger partial charge on any atom is -0.483 e. The van der Waals surface area contributed by atoms with Crippen LogP contribution in [-0.2, 0) is 16.1 Å². The molecule has 0 radical (unpaired) electrons. The molecular weight excluding hydrogens is 400 g/mol. The zero-order chi connectivity index (χ0) is 23.7. The second-order valence-electron chi connectivity index (χ2n) is 9.05. The summed E-state index contributed by atoms with van der Waals surface area (Å²) in [5, 5.41) is 2.99. The van der Waals surface area contributed by atoms with Crippen LogP contribution in [0.25, 0.3) is 0 Å². The van der Waals surface area contributed by atoms with Gasteiger partial charge in [0.25, 0.3) is 5.91 Å². The molecule has 2 rings (SSSR count).